The fraction of sp³-hybridized carbons (Fsp3) is 0. The van der Waals surface area contributed by atoms with Crippen LogP contribution in [0.3, 0.4) is 0 Å². The van der Waals surface area contributed by atoms with Gasteiger partial charge >= 0.3 is 0 Å². The molecule has 2 aromatic rings. The first-order chi connectivity index (χ1) is 9.11. The summed E-state index contributed by atoms with van der Waals surface area (Å²) in [6.45, 7) is 0. The average molecular weight is 257 g/mol. The van der Waals surface area contributed by atoms with E-state index >= 15 is 0 Å². The Balaban J connectivity index is 2.27. The maximum atomic E-state index is 13.3. The van der Waals surface area contributed by atoms with Gasteiger partial charge in [-0.1, -0.05) is 6.07 Å². The summed E-state index contributed by atoms with van der Waals surface area (Å²) >= 11 is 0. The first-order valence-electron chi connectivity index (χ1n) is 5.19. The molecule has 94 valence electrons. The number of benzene rings is 1. The molecule has 1 aromatic carbocycles. The Bertz CT molecular complexity index is 663. The number of nitriles is 1. The summed E-state index contributed by atoms with van der Waals surface area (Å²) in [5.41, 5.74) is 5.20. The average Bonchev–Trinajstić information content (AvgIpc) is 2.39. The van der Waals surface area contributed by atoms with Gasteiger partial charge in [0.05, 0.1) is 18.1 Å². The number of nitrogens with zero attached hydrogens (tertiary/aromatic N) is 3. The van der Waals surface area contributed by atoms with Gasteiger partial charge in [-0.15, -0.1) is 0 Å². The molecule has 0 saturated carbocycles. The normalized spacial score (nSPS) is 9.68. The van der Waals surface area contributed by atoms with Crippen molar-refractivity contribution in [1.82, 2.24) is 9.97 Å². The van der Waals surface area contributed by atoms with Crippen molar-refractivity contribution in [2.45, 2.75) is 0 Å². The second kappa shape index (κ2) is 5.10. The number of hydrogen-bond acceptors (Lipinski definition) is 5. The first-order valence-corrected chi connectivity index (χ1v) is 5.19. The van der Waals surface area contributed by atoms with Gasteiger partial charge in [-0.3, -0.25) is 4.79 Å². The molecule has 0 aliphatic rings. The smallest absolute Gasteiger partial charge is 0.275 e. The molecule has 0 aliphatic carbocycles. The van der Waals surface area contributed by atoms with E-state index in [2.05, 4.69) is 15.3 Å². The van der Waals surface area contributed by atoms with Gasteiger partial charge in [0.1, 0.15) is 29.0 Å². The lowest BCUT2D eigenvalue weighted by molar-refractivity contribution is 0.102. The van der Waals surface area contributed by atoms with Gasteiger partial charge in [-0.05, 0) is 12.1 Å². The van der Waals surface area contributed by atoms with Crippen LogP contribution in [0.5, 0.6) is 0 Å². The number of nitrogens with one attached hydrogen (secondary N) is 1. The van der Waals surface area contributed by atoms with Crippen molar-refractivity contribution in [1.29, 1.82) is 5.26 Å². The van der Waals surface area contributed by atoms with E-state index in [9.17, 15) is 9.18 Å². The van der Waals surface area contributed by atoms with Crippen molar-refractivity contribution in [2.24, 2.45) is 0 Å². The van der Waals surface area contributed by atoms with Crippen LogP contribution < -0.4 is 11.1 Å². The lowest BCUT2D eigenvalue weighted by Crippen LogP contribution is -2.15. The molecule has 7 heteroatoms. The van der Waals surface area contributed by atoms with E-state index in [1.165, 1.54) is 24.5 Å². The monoisotopic (exact) mass is 257 g/mol. The number of aromatic nitrogens is 2. The highest BCUT2D eigenvalue weighted by molar-refractivity contribution is 6.03. The zero-order chi connectivity index (χ0) is 13.8. The van der Waals surface area contributed by atoms with Gasteiger partial charge in [0.2, 0.25) is 0 Å². The second-order valence-electron chi connectivity index (χ2n) is 3.55. The molecule has 1 amide bonds. The summed E-state index contributed by atoms with van der Waals surface area (Å²) in [7, 11) is 0. The second-order valence-corrected chi connectivity index (χ2v) is 3.55. The summed E-state index contributed by atoms with van der Waals surface area (Å²) in [4.78, 5) is 19.3. The summed E-state index contributed by atoms with van der Waals surface area (Å²) in [5.74, 6) is -1.13. The molecule has 3 N–H and O–H groups in total. The molecule has 19 heavy (non-hydrogen) atoms. The van der Waals surface area contributed by atoms with E-state index in [1.54, 1.807) is 6.07 Å². The molecule has 1 heterocycles. The molecule has 0 fully saturated rings. The van der Waals surface area contributed by atoms with Crippen molar-refractivity contribution in [3.05, 3.63) is 47.7 Å². The van der Waals surface area contributed by atoms with Crippen molar-refractivity contribution in [2.75, 3.05) is 11.1 Å². The molecule has 0 atom stereocenters. The highest BCUT2D eigenvalue weighted by Gasteiger charge is 2.13. The third kappa shape index (κ3) is 2.63. The largest absolute Gasteiger partial charge is 0.382 e. The van der Waals surface area contributed by atoms with E-state index in [-0.39, 0.29) is 22.8 Å². The third-order valence-electron chi connectivity index (χ3n) is 2.28. The number of carbonyl (C=O) groups excluding carboxylic acids is 1. The minimum Gasteiger partial charge on any atom is -0.382 e. The summed E-state index contributed by atoms with van der Waals surface area (Å²) in [5, 5.41) is 11.2. The van der Waals surface area contributed by atoms with E-state index in [1.807, 2.05) is 0 Å². The van der Waals surface area contributed by atoms with Crippen LogP contribution in [0.25, 0.3) is 0 Å². The molecule has 0 radical (unpaired) electrons. The van der Waals surface area contributed by atoms with E-state index < -0.39 is 11.7 Å². The zero-order valence-corrected chi connectivity index (χ0v) is 9.59. The molecule has 0 saturated heterocycles. The number of amides is 1. The fourth-order valence-electron chi connectivity index (χ4n) is 1.38. The van der Waals surface area contributed by atoms with Gasteiger partial charge < -0.3 is 11.1 Å². The molecular weight excluding hydrogens is 249 g/mol. The number of carbonyl (C=O) groups is 1. The van der Waals surface area contributed by atoms with Crippen molar-refractivity contribution < 1.29 is 9.18 Å². The van der Waals surface area contributed by atoms with E-state index in [0.29, 0.717) is 0 Å². The maximum absolute atomic E-state index is 13.3. The molecular formula is C12H8FN5O. The molecule has 1 aromatic heterocycles. The SMILES string of the molecule is N#Cc1c(F)cccc1NC(=O)c1cnc(N)cn1. The Morgan fingerprint density at radius 3 is 2.79 bits per heavy atom. The van der Waals surface area contributed by atoms with Crippen LogP contribution in [0.4, 0.5) is 15.9 Å². The summed E-state index contributed by atoms with van der Waals surface area (Å²) in [6.07, 6.45) is 2.42. The maximum Gasteiger partial charge on any atom is 0.275 e. The quantitative estimate of drug-likeness (QED) is 0.844. The molecule has 2 rings (SSSR count). The molecule has 0 spiro atoms. The molecule has 0 unspecified atom stereocenters. The number of rotatable bonds is 2. The third-order valence-corrected chi connectivity index (χ3v) is 2.28. The zero-order valence-electron chi connectivity index (χ0n) is 9.59. The Morgan fingerprint density at radius 1 is 1.37 bits per heavy atom. The number of halogens is 1. The van der Waals surface area contributed by atoms with Crippen molar-refractivity contribution in [3.63, 3.8) is 0 Å². The number of nitrogens with two attached hydrogens (primary N) is 1. The highest BCUT2D eigenvalue weighted by Crippen LogP contribution is 2.18. The molecule has 6 nitrogen and oxygen atoms in total. The standard InChI is InChI=1S/C12H8FN5O/c13-8-2-1-3-9(7(8)4-14)18-12(19)10-5-17-11(15)6-16-10/h1-3,5-6H,(H2,15,17)(H,18,19). The van der Waals surface area contributed by atoms with E-state index in [0.717, 1.165) is 6.07 Å². The minimum atomic E-state index is -0.705. The summed E-state index contributed by atoms with van der Waals surface area (Å²) in [6, 6.07) is 5.63. The lowest BCUT2D eigenvalue weighted by Gasteiger charge is -2.06. The minimum absolute atomic E-state index is 0.0161. The Morgan fingerprint density at radius 2 is 2.16 bits per heavy atom. The molecule has 0 bridgehead atoms. The highest BCUT2D eigenvalue weighted by atomic mass is 19.1. The topological polar surface area (TPSA) is 105 Å². The van der Waals surface area contributed by atoms with Crippen molar-refractivity contribution in [3.8, 4) is 6.07 Å². The van der Waals surface area contributed by atoms with Gasteiger partial charge in [-0.2, -0.15) is 5.26 Å². The van der Waals surface area contributed by atoms with Gasteiger partial charge in [0, 0.05) is 0 Å². The van der Waals surface area contributed by atoms with Gasteiger partial charge in [-0.25, -0.2) is 14.4 Å². The number of hydrogen-bond donors (Lipinski definition) is 2. The van der Waals surface area contributed by atoms with E-state index in [4.69, 9.17) is 11.0 Å². The molecule has 0 aliphatic heterocycles. The Labute approximate surface area is 107 Å². The number of nitrogen functional groups attached to an aromatic ring is 1. The first kappa shape index (κ1) is 12.4. The van der Waals surface area contributed by atoms with Crippen molar-refractivity contribution >= 4 is 17.4 Å². The van der Waals surface area contributed by atoms with Crippen LogP contribution in [0.1, 0.15) is 16.1 Å². The van der Waals surface area contributed by atoms with Gasteiger partial charge in [0.15, 0.2) is 0 Å². The van der Waals surface area contributed by atoms with Crippen LogP contribution in [0, 0.1) is 17.1 Å². The van der Waals surface area contributed by atoms with Crippen LogP contribution in [-0.4, -0.2) is 15.9 Å². The van der Waals surface area contributed by atoms with Crippen LogP contribution in [0.15, 0.2) is 30.6 Å². The predicted octanol–water partition coefficient (Wildman–Crippen LogP) is 1.32. The van der Waals surface area contributed by atoms with Crippen LogP contribution >= 0.6 is 0 Å². The Kier molecular flexibility index (Phi) is 3.34. The summed E-state index contributed by atoms with van der Waals surface area (Å²) < 4.78 is 13.3. The Hall–Kier alpha value is -3.01. The van der Waals surface area contributed by atoms with Crippen LogP contribution in [-0.2, 0) is 0 Å². The van der Waals surface area contributed by atoms with Crippen LogP contribution in [0.2, 0.25) is 0 Å². The predicted molar refractivity (Wildman–Crippen MR) is 65.5 cm³/mol. The lowest BCUT2D eigenvalue weighted by atomic mass is 10.2. The fourth-order valence-corrected chi connectivity index (χ4v) is 1.38. The number of anilines is 2. The van der Waals surface area contributed by atoms with Gasteiger partial charge in [0.25, 0.3) is 5.91 Å².